The van der Waals surface area contributed by atoms with Crippen molar-refractivity contribution in [3.8, 4) is 0 Å². The SMILES string of the molecule is CCN1CCO[C@@H](C(=O)NCCc2nc3ccccc3n2C)C1. The van der Waals surface area contributed by atoms with Crippen molar-refractivity contribution in [2.45, 2.75) is 19.4 Å². The summed E-state index contributed by atoms with van der Waals surface area (Å²) >= 11 is 0. The van der Waals surface area contributed by atoms with Gasteiger partial charge in [0, 0.05) is 33.1 Å². The number of nitrogens with one attached hydrogen (secondary N) is 1. The summed E-state index contributed by atoms with van der Waals surface area (Å²) in [4.78, 5) is 19.1. The van der Waals surface area contributed by atoms with Crippen molar-refractivity contribution in [3.05, 3.63) is 30.1 Å². The zero-order chi connectivity index (χ0) is 16.2. The number of aryl methyl sites for hydroxylation is 1. The highest BCUT2D eigenvalue weighted by Gasteiger charge is 2.25. The largest absolute Gasteiger partial charge is 0.366 e. The Hall–Kier alpha value is -1.92. The van der Waals surface area contributed by atoms with Gasteiger partial charge in [-0.25, -0.2) is 4.98 Å². The van der Waals surface area contributed by atoms with E-state index in [1.165, 1.54) is 0 Å². The number of morpholine rings is 1. The Labute approximate surface area is 136 Å². The number of fused-ring (bicyclic) bond motifs is 1. The number of aromatic nitrogens is 2. The Morgan fingerprint density at radius 3 is 3.04 bits per heavy atom. The summed E-state index contributed by atoms with van der Waals surface area (Å²) in [6, 6.07) is 8.06. The number of likely N-dealkylation sites (N-methyl/N-ethyl adjacent to an activating group) is 1. The number of para-hydroxylation sites is 2. The lowest BCUT2D eigenvalue weighted by Crippen LogP contribution is -2.50. The molecular formula is C17H24N4O2. The fourth-order valence-corrected chi connectivity index (χ4v) is 2.98. The van der Waals surface area contributed by atoms with Crippen molar-refractivity contribution in [1.82, 2.24) is 19.8 Å². The highest BCUT2D eigenvalue weighted by molar-refractivity contribution is 5.81. The van der Waals surface area contributed by atoms with Gasteiger partial charge >= 0.3 is 0 Å². The van der Waals surface area contributed by atoms with Gasteiger partial charge in [-0.3, -0.25) is 9.69 Å². The molecule has 6 nitrogen and oxygen atoms in total. The molecule has 3 rings (SSSR count). The fourth-order valence-electron chi connectivity index (χ4n) is 2.98. The van der Waals surface area contributed by atoms with Gasteiger partial charge in [0.2, 0.25) is 5.91 Å². The van der Waals surface area contributed by atoms with Crippen LogP contribution in [0.5, 0.6) is 0 Å². The number of ether oxygens (including phenoxy) is 1. The van der Waals surface area contributed by atoms with Gasteiger partial charge in [0.15, 0.2) is 0 Å². The van der Waals surface area contributed by atoms with E-state index in [2.05, 4.69) is 32.8 Å². The van der Waals surface area contributed by atoms with Gasteiger partial charge in [-0.1, -0.05) is 19.1 Å². The summed E-state index contributed by atoms with van der Waals surface area (Å²) < 4.78 is 7.65. The van der Waals surface area contributed by atoms with E-state index in [0.29, 0.717) is 26.1 Å². The Balaban J connectivity index is 1.54. The average Bonchev–Trinajstić information content (AvgIpc) is 2.91. The molecule has 1 aromatic heterocycles. The first-order valence-corrected chi connectivity index (χ1v) is 8.21. The number of rotatable bonds is 5. The lowest BCUT2D eigenvalue weighted by atomic mass is 10.2. The van der Waals surface area contributed by atoms with E-state index in [1.54, 1.807) is 0 Å². The van der Waals surface area contributed by atoms with Crippen LogP contribution in [0.25, 0.3) is 11.0 Å². The number of carbonyl (C=O) groups is 1. The molecule has 124 valence electrons. The second kappa shape index (κ2) is 7.10. The molecule has 0 radical (unpaired) electrons. The number of hydrogen-bond acceptors (Lipinski definition) is 4. The normalized spacial score (nSPS) is 19.1. The topological polar surface area (TPSA) is 59.4 Å². The average molecular weight is 316 g/mol. The van der Waals surface area contributed by atoms with Crippen LogP contribution >= 0.6 is 0 Å². The maximum absolute atomic E-state index is 12.2. The lowest BCUT2D eigenvalue weighted by Gasteiger charge is -2.31. The predicted molar refractivity (Wildman–Crippen MR) is 89.3 cm³/mol. The second-order valence-electron chi connectivity index (χ2n) is 5.87. The number of amides is 1. The van der Waals surface area contributed by atoms with E-state index in [0.717, 1.165) is 29.9 Å². The minimum atomic E-state index is -0.357. The fraction of sp³-hybridized carbons (Fsp3) is 0.529. The van der Waals surface area contributed by atoms with Crippen LogP contribution in [0.1, 0.15) is 12.7 Å². The van der Waals surface area contributed by atoms with Crippen LogP contribution < -0.4 is 5.32 Å². The van der Waals surface area contributed by atoms with Crippen molar-refractivity contribution in [2.24, 2.45) is 7.05 Å². The Morgan fingerprint density at radius 2 is 2.26 bits per heavy atom. The van der Waals surface area contributed by atoms with E-state index in [9.17, 15) is 4.79 Å². The van der Waals surface area contributed by atoms with Crippen LogP contribution in [-0.2, 0) is 23.0 Å². The number of nitrogens with zero attached hydrogens (tertiary/aromatic N) is 3. The van der Waals surface area contributed by atoms with Crippen LogP contribution in [0.2, 0.25) is 0 Å². The van der Waals surface area contributed by atoms with Gasteiger partial charge in [0.25, 0.3) is 0 Å². The summed E-state index contributed by atoms with van der Waals surface area (Å²) in [5, 5.41) is 2.97. The third-order valence-corrected chi connectivity index (χ3v) is 4.42. The van der Waals surface area contributed by atoms with Crippen molar-refractivity contribution in [1.29, 1.82) is 0 Å². The van der Waals surface area contributed by atoms with Crippen molar-refractivity contribution in [2.75, 3.05) is 32.8 Å². The summed E-state index contributed by atoms with van der Waals surface area (Å²) in [5.74, 6) is 0.952. The third-order valence-electron chi connectivity index (χ3n) is 4.42. The monoisotopic (exact) mass is 316 g/mol. The van der Waals surface area contributed by atoms with Crippen molar-refractivity contribution < 1.29 is 9.53 Å². The molecule has 1 saturated heterocycles. The van der Waals surface area contributed by atoms with Crippen LogP contribution in [0, 0.1) is 0 Å². The molecule has 2 aromatic rings. The van der Waals surface area contributed by atoms with Crippen LogP contribution in [0.15, 0.2) is 24.3 Å². The molecule has 6 heteroatoms. The molecule has 1 N–H and O–H groups in total. The standard InChI is InChI=1S/C17H24N4O2/c1-3-21-10-11-23-15(12-21)17(22)18-9-8-16-19-13-6-4-5-7-14(13)20(16)2/h4-7,15H,3,8-12H2,1-2H3,(H,18,22)/t15-/m1/s1. The highest BCUT2D eigenvalue weighted by atomic mass is 16.5. The van der Waals surface area contributed by atoms with Crippen molar-refractivity contribution >= 4 is 16.9 Å². The molecular weight excluding hydrogens is 292 g/mol. The van der Waals surface area contributed by atoms with Crippen LogP contribution in [-0.4, -0.2) is 59.2 Å². The van der Waals surface area contributed by atoms with E-state index in [-0.39, 0.29) is 12.0 Å². The Bertz CT molecular complexity index is 682. The van der Waals surface area contributed by atoms with Crippen molar-refractivity contribution in [3.63, 3.8) is 0 Å². The molecule has 1 aliphatic rings. The molecule has 2 heterocycles. The molecule has 1 atom stereocenters. The second-order valence-corrected chi connectivity index (χ2v) is 5.87. The van der Waals surface area contributed by atoms with Gasteiger partial charge in [0.05, 0.1) is 17.6 Å². The van der Waals surface area contributed by atoms with E-state index >= 15 is 0 Å². The molecule has 1 amide bonds. The minimum absolute atomic E-state index is 0.0260. The Morgan fingerprint density at radius 1 is 1.43 bits per heavy atom. The van der Waals surface area contributed by atoms with Crippen LogP contribution in [0.4, 0.5) is 0 Å². The lowest BCUT2D eigenvalue weighted by molar-refractivity contribution is -0.138. The molecule has 0 saturated carbocycles. The summed E-state index contributed by atoms with van der Waals surface area (Å²) in [5.41, 5.74) is 2.11. The zero-order valence-electron chi connectivity index (χ0n) is 13.8. The molecule has 0 unspecified atom stereocenters. The molecule has 0 bridgehead atoms. The van der Waals surface area contributed by atoms with Gasteiger partial charge in [-0.2, -0.15) is 0 Å². The molecule has 23 heavy (non-hydrogen) atoms. The van der Waals surface area contributed by atoms with E-state index in [1.807, 2.05) is 25.2 Å². The first-order chi connectivity index (χ1) is 11.2. The summed E-state index contributed by atoms with van der Waals surface area (Å²) in [6.45, 7) is 5.83. The number of hydrogen-bond donors (Lipinski definition) is 1. The number of imidazole rings is 1. The quantitative estimate of drug-likeness (QED) is 0.892. The molecule has 1 fully saturated rings. The zero-order valence-corrected chi connectivity index (χ0v) is 13.8. The van der Waals surface area contributed by atoms with E-state index < -0.39 is 0 Å². The number of benzene rings is 1. The summed E-state index contributed by atoms with van der Waals surface area (Å²) in [7, 11) is 2.01. The van der Waals surface area contributed by atoms with Gasteiger partial charge in [-0.15, -0.1) is 0 Å². The Kier molecular flexibility index (Phi) is 4.93. The number of carbonyl (C=O) groups excluding carboxylic acids is 1. The van der Waals surface area contributed by atoms with Crippen LogP contribution in [0.3, 0.4) is 0 Å². The first kappa shape index (κ1) is 16.0. The first-order valence-electron chi connectivity index (χ1n) is 8.21. The highest BCUT2D eigenvalue weighted by Crippen LogP contribution is 2.14. The third kappa shape index (κ3) is 3.54. The van der Waals surface area contributed by atoms with E-state index in [4.69, 9.17) is 4.74 Å². The molecule has 1 aliphatic heterocycles. The maximum atomic E-state index is 12.2. The van der Waals surface area contributed by atoms with Gasteiger partial charge in [-0.05, 0) is 18.7 Å². The molecule has 1 aromatic carbocycles. The molecule has 0 aliphatic carbocycles. The predicted octanol–water partition coefficient (Wildman–Crippen LogP) is 0.953. The van der Waals surface area contributed by atoms with Gasteiger partial charge in [0.1, 0.15) is 11.9 Å². The maximum Gasteiger partial charge on any atom is 0.250 e. The smallest absolute Gasteiger partial charge is 0.250 e. The molecule has 0 spiro atoms. The minimum Gasteiger partial charge on any atom is -0.366 e. The summed E-state index contributed by atoms with van der Waals surface area (Å²) in [6.07, 6.45) is 0.352. The van der Waals surface area contributed by atoms with Gasteiger partial charge < -0.3 is 14.6 Å².